The fraction of sp³-hybridized carbons (Fsp3) is 0.545. The Balaban J connectivity index is 1.89. The Morgan fingerprint density at radius 1 is 1.40 bits per heavy atom. The van der Waals surface area contributed by atoms with Crippen molar-refractivity contribution in [1.29, 1.82) is 0 Å². The van der Waals surface area contributed by atoms with Gasteiger partial charge in [0.15, 0.2) is 11.5 Å². The van der Waals surface area contributed by atoms with Gasteiger partial charge in [0.2, 0.25) is 5.82 Å². The third-order valence-corrected chi connectivity index (χ3v) is 3.06. The Labute approximate surface area is 111 Å². The molecule has 2 N–H and O–H groups in total. The third-order valence-electron chi connectivity index (χ3n) is 3.06. The number of alkyl halides is 3. The lowest BCUT2D eigenvalue weighted by Crippen LogP contribution is -2.20. The monoisotopic (exact) mass is 287 g/mol. The van der Waals surface area contributed by atoms with E-state index < -0.39 is 12.0 Å². The highest BCUT2D eigenvalue weighted by Crippen LogP contribution is 2.29. The number of nitrogens with zero attached hydrogens (tertiary/aromatic N) is 3. The first-order valence-corrected chi connectivity index (χ1v) is 6.18. The molecule has 1 atom stereocenters. The van der Waals surface area contributed by atoms with E-state index in [9.17, 15) is 13.2 Å². The summed E-state index contributed by atoms with van der Waals surface area (Å²) in [6.07, 6.45) is -1.47. The van der Waals surface area contributed by atoms with E-state index in [4.69, 9.17) is 4.74 Å². The van der Waals surface area contributed by atoms with E-state index in [1.807, 2.05) is 0 Å². The van der Waals surface area contributed by atoms with Crippen LogP contribution in [0.2, 0.25) is 0 Å². The van der Waals surface area contributed by atoms with Gasteiger partial charge in [-0.15, -0.1) is 0 Å². The van der Waals surface area contributed by atoms with Gasteiger partial charge < -0.3 is 15.0 Å². The highest BCUT2D eigenvalue weighted by atomic mass is 19.4. The smallest absolute Gasteiger partial charge is 0.376 e. The van der Waals surface area contributed by atoms with Crippen LogP contribution in [0, 0.1) is 0 Å². The molecule has 0 unspecified atom stereocenters. The number of anilines is 1. The average Bonchev–Trinajstić information content (AvgIpc) is 3.05. The number of imidazole rings is 1. The molecule has 6 nitrogen and oxygen atoms in total. The molecule has 9 heteroatoms. The van der Waals surface area contributed by atoms with Crippen molar-refractivity contribution in [2.24, 2.45) is 0 Å². The fourth-order valence-electron chi connectivity index (χ4n) is 2.10. The number of halogens is 3. The number of hydrogen-bond acceptors (Lipinski definition) is 5. The number of aromatic amines is 1. The van der Waals surface area contributed by atoms with Gasteiger partial charge in [0.05, 0.1) is 12.4 Å². The van der Waals surface area contributed by atoms with Crippen LogP contribution in [0.4, 0.5) is 19.0 Å². The molecule has 1 saturated heterocycles. The number of aromatic nitrogens is 4. The zero-order valence-corrected chi connectivity index (χ0v) is 10.4. The van der Waals surface area contributed by atoms with Gasteiger partial charge in [0.25, 0.3) is 0 Å². The van der Waals surface area contributed by atoms with Gasteiger partial charge in [0.1, 0.15) is 5.52 Å². The van der Waals surface area contributed by atoms with E-state index in [0.717, 1.165) is 12.8 Å². The van der Waals surface area contributed by atoms with Crippen molar-refractivity contribution in [1.82, 2.24) is 19.9 Å². The molecule has 0 saturated carbocycles. The summed E-state index contributed by atoms with van der Waals surface area (Å²) in [4.78, 5) is 13.4. The summed E-state index contributed by atoms with van der Waals surface area (Å²) < 4.78 is 43.6. The highest BCUT2D eigenvalue weighted by Gasteiger charge is 2.36. The first kappa shape index (κ1) is 13.1. The van der Waals surface area contributed by atoms with E-state index in [2.05, 4.69) is 25.3 Å². The summed E-state index contributed by atoms with van der Waals surface area (Å²) in [7, 11) is 0. The number of nitrogens with one attached hydrogen (secondary N) is 2. The number of H-pyrrole nitrogens is 1. The van der Waals surface area contributed by atoms with Gasteiger partial charge in [-0.25, -0.2) is 15.0 Å². The summed E-state index contributed by atoms with van der Waals surface area (Å²) in [5, 5.41) is 2.88. The van der Waals surface area contributed by atoms with E-state index in [0.29, 0.717) is 18.7 Å². The second-order valence-electron chi connectivity index (χ2n) is 4.51. The zero-order chi connectivity index (χ0) is 14.2. The molecule has 0 aromatic carbocycles. The summed E-state index contributed by atoms with van der Waals surface area (Å²) >= 11 is 0. The molecular formula is C11H12F3N5O. The van der Waals surface area contributed by atoms with Gasteiger partial charge in [-0.05, 0) is 12.8 Å². The molecule has 3 rings (SSSR count). The van der Waals surface area contributed by atoms with Crippen molar-refractivity contribution in [3.05, 3.63) is 12.2 Å². The van der Waals surface area contributed by atoms with Crippen LogP contribution in [0.5, 0.6) is 0 Å². The maximum absolute atomic E-state index is 12.7. The second-order valence-corrected chi connectivity index (χ2v) is 4.51. The first-order chi connectivity index (χ1) is 9.54. The van der Waals surface area contributed by atoms with Crippen LogP contribution >= 0.6 is 0 Å². The molecule has 0 spiro atoms. The molecule has 1 aliphatic heterocycles. The Bertz CT molecular complexity index is 606. The lowest BCUT2D eigenvalue weighted by Gasteiger charge is -2.13. The van der Waals surface area contributed by atoms with Crippen molar-refractivity contribution in [3.8, 4) is 0 Å². The molecule has 0 amide bonds. The van der Waals surface area contributed by atoms with E-state index >= 15 is 0 Å². The minimum atomic E-state index is -4.60. The number of fused-ring (bicyclic) bond motifs is 1. The maximum Gasteiger partial charge on any atom is 0.451 e. The molecule has 0 bridgehead atoms. The quantitative estimate of drug-likeness (QED) is 0.902. The summed E-state index contributed by atoms with van der Waals surface area (Å²) in [6.45, 7) is 1.09. The van der Waals surface area contributed by atoms with Crippen LogP contribution in [0.15, 0.2) is 6.33 Å². The molecule has 0 radical (unpaired) electrons. The van der Waals surface area contributed by atoms with Crippen LogP contribution in [0.3, 0.4) is 0 Å². The molecular weight excluding hydrogens is 275 g/mol. The van der Waals surface area contributed by atoms with E-state index in [1.54, 1.807) is 0 Å². The number of rotatable bonds is 3. The molecule has 1 aliphatic rings. The van der Waals surface area contributed by atoms with Gasteiger partial charge in [-0.3, -0.25) is 0 Å². The van der Waals surface area contributed by atoms with Crippen LogP contribution in [-0.4, -0.2) is 39.2 Å². The lowest BCUT2D eigenvalue weighted by atomic mass is 10.2. The van der Waals surface area contributed by atoms with Crippen LogP contribution in [0.25, 0.3) is 11.2 Å². The normalized spacial score (nSPS) is 19.6. The molecule has 20 heavy (non-hydrogen) atoms. The Morgan fingerprint density at radius 3 is 2.95 bits per heavy atom. The van der Waals surface area contributed by atoms with Crippen molar-refractivity contribution < 1.29 is 17.9 Å². The van der Waals surface area contributed by atoms with Crippen LogP contribution < -0.4 is 5.32 Å². The van der Waals surface area contributed by atoms with Gasteiger partial charge in [0, 0.05) is 13.2 Å². The Kier molecular flexibility index (Phi) is 3.20. The Morgan fingerprint density at radius 2 is 2.25 bits per heavy atom. The first-order valence-electron chi connectivity index (χ1n) is 6.18. The van der Waals surface area contributed by atoms with E-state index in [1.165, 1.54) is 6.33 Å². The van der Waals surface area contributed by atoms with Crippen molar-refractivity contribution in [3.63, 3.8) is 0 Å². The predicted octanol–water partition coefficient (Wildman–Crippen LogP) is 1.96. The summed E-state index contributed by atoms with van der Waals surface area (Å²) in [5.74, 6) is -1.11. The van der Waals surface area contributed by atoms with Gasteiger partial charge in [-0.2, -0.15) is 13.2 Å². The molecule has 0 aliphatic carbocycles. The fourth-order valence-corrected chi connectivity index (χ4v) is 2.10. The van der Waals surface area contributed by atoms with Crippen molar-refractivity contribution in [2.45, 2.75) is 25.1 Å². The second kappa shape index (κ2) is 4.89. The minimum Gasteiger partial charge on any atom is -0.376 e. The molecule has 3 heterocycles. The standard InChI is InChI=1S/C11H12F3N5O/c12-11(13,14)10-18-8(7-9(19-10)17-5-16-7)15-4-6-2-1-3-20-6/h5-6H,1-4H2,(H2,15,16,17,18,19)/t6-/m1/s1. The lowest BCUT2D eigenvalue weighted by molar-refractivity contribution is -0.144. The summed E-state index contributed by atoms with van der Waals surface area (Å²) in [5.41, 5.74) is 0.346. The number of ether oxygens (including phenoxy) is 1. The maximum atomic E-state index is 12.7. The minimum absolute atomic E-state index is 0.00252. The average molecular weight is 287 g/mol. The Hall–Kier alpha value is -1.90. The van der Waals surface area contributed by atoms with Crippen molar-refractivity contribution in [2.75, 3.05) is 18.5 Å². The number of hydrogen-bond donors (Lipinski definition) is 2. The highest BCUT2D eigenvalue weighted by molar-refractivity contribution is 5.82. The third kappa shape index (κ3) is 2.53. The van der Waals surface area contributed by atoms with Gasteiger partial charge in [-0.1, -0.05) is 0 Å². The zero-order valence-electron chi connectivity index (χ0n) is 10.4. The largest absolute Gasteiger partial charge is 0.451 e. The van der Waals surface area contributed by atoms with Crippen LogP contribution in [-0.2, 0) is 10.9 Å². The van der Waals surface area contributed by atoms with Crippen molar-refractivity contribution >= 4 is 17.0 Å². The predicted molar refractivity (Wildman–Crippen MR) is 64.1 cm³/mol. The summed E-state index contributed by atoms with van der Waals surface area (Å²) in [6, 6.07) is 0. The van der Waals surface area contributed by atoms with Gasteiger partial charge >= 0.3 is 6.18 Å². The molecule has 1 fully saturated rings. The molecule has 2 aromatic rings. The SMILES string of the molecule is FC(F)(F)c1nc(NC[C@H]2CCCO2)c2[nH]cnc2n1. The van der Waals surface area contributed by atoms with Crippen LogP contribution in [0.1, 0.15) is 18.7 Å². The van der Waals surface area contributed by atoms with E-state index in [-0.39, 0.29) is 17.6 Å². The molecule has 2 aromatic heterocycles. The topological polar surface area (TPSA) is 75.7 Å². The molecule has 108 valence electrons.